The largest absolute Gasteiger partial charge is 0.506 e. The molecular formula is C27H22Br2N4O3. The molecular weight excluding hydrogens is 588 g/mol. The molecule has 0 fully saturated rings. The molecule has 0 amide bonds. The van der Waals surface area contributed by atoms with Crippen LogP contribution in [-0.4, -0.2) is 24.7 Å². The van der Waals surface area contributed by atoms with Crippen molar-refractivity contribution in [2.75, 3.05) is 0 Å². The van der Waals surface area contributed by atoms with Gasteiger partial charge in [0.05, 0.1) is 32.9 Å². The molecule has 2 heterocycles. The van der Waals surface area contributed by atoms with Crippen molar-refractivity contribution in [3.8, 4) is 17.1 Å². The normalized spacial score (nSPS) is 11.4. The minimum Gasteiger partial charge on any atom is -0.506 e. The summed E-state index contributed by atoms with van der Waals surface area (Å²) in [6, 6.07) is 21.9. The van der Waals surface area contributed by atoms with Crippen LogP contribution in [0.3, 0.4) is 0 Å². The molecule has 182 valence electrons. The van der Waals surface area contributed by atoms with Gasteiger partial charge in [-0.1, -0.05) is 52.3 Å². The van der Waals surface area contributed by atoms with Gasteiger partial charge in [0, 0.05) is 21.4 Å². The van der Waals surface area contributed by atoms with Gasteiger partial charge in [-0.3, -0.25) is 19.8 Å². The number of aryl methyl sites for hydroxylation is 2. The molecule has 9 heteroatoms. The van der Waals surface area contributed by atoms with Gasteiger partial charge >= 0.3 is 0 Å². The topological polar surface area (TPSA) is 95.8 Å². The highest BCUT2D eigenvalue weighted by Gasteiger charge is 2.33. The number of aromatic nitrogens is 4. The van der Waals surface area contributed by atoms with Crippen LogP contribution >= 0.6 is 31.9 Å². The number of nitrogens with zero attached hydrogens (tertiary/aromatic N) is 2. The van der Waals surface area contributed by atoms with Gasteiger partial charge in [0.1, 0.15) is 5.75 Å². The predicted octanol–water partition coefficient (Wildman–Crippen LogP) is 5.67. The summed E-state index contributed by atoms with van der Waals surface area (Å²) in [6.45, 7) is 3.59. The van der Waals surface area contributed by atoms with Crippen molar-refractivity contribution in [3.63, 3.8) is 0 Å². The number of para-hydroxylation sites is 2. The molecule has 7 nitrogen and oxygen atoms in total. The summed E-state index contributed by atoms with van der Waals surface area (Å²) < 4.78 is 4.06. The second kappa shape index (κ2) is 9.48. The summed E-state index contributed by atoms with van der Waals surface area (Å²) in [6.07, 6.45) is 0. The summed E-state index contributed by atoms with van der Waals surface area (Å²) in [4.78, 5) is 27.7. The van der Waals surface area contributed by atoms with E-state index >= 15 is 0 Å². The Balaban J connectivity index is 1.83. The van der Waals surface area contributed by atoms with Crippen LogP contribution in [0.5, 0.6) is 5.75 Å². The van der Waals surface area contributed by atoms with E-state index in [2.05, 4.69) is 42.1 Å². The quantitative estimate of drug-likeness (QED) is 0.239. The minimum atomic E-state index is -0.846. The number of H-pyrrole nitrogens is 2. The smallest absolute Gasteiger partial charge is 0.275 e. The fraction of sp³-hybridized carbons (Fsp3) is 0.111. The molecule has 0 spiro atoms. The van der Waals surface area contributed by atoms with Crippen molar-refractivity contribution in [1.82, 2.24) is 19.6 Å². The number of phenolic OH excluding ortho intramolecular Hbond substituents is 1. The number of nitrogens with one attached hydrogen (secondary N) is 2. The zero-order valence-electron chi connectivity index (χ0n) is 19.4. The number of hydrogen-bond acceptors (Lipinski definition) is 3. The van der Waals surface area contributed by atoms with Crippen LogP contribution in [0.2, 0.25) is 0 Å². The van der Waals surface area contributed by atoms with E-state index in [0.717, 1.165) is 0 Å². The first-order valence-electron chi connectivity index (χ1n) is 11.2. The summed E-state index contributed by atoms with van der Waals surface area (Å²) in [5, 5.41) is 17.4. The second-order valence-electron chi connectivity index (χ2n) is 8.51. The number of hydrogen-bond donors (Lipinski definition) is 3. The number of halogens is 2. The highest BCUT2D eigenvalue weighted by Crippen LogP contribution is 2.41. The van der Waals surface area contributed by atoms with Gasteiger partial charge in [-0.2, -0.15) is 0 Å². The maximum Gasteiger partial charge on any atom is 0.275 e. The third kappa shape index (κ3) is 4.08. The summed E-state index contributed by atoms with van der Waals surface area (Å²) in [5.41, 5.74) is 3.10. The highest BCUT2D eigenvalue weighted by molar-refractivity contribution is 9.11. The van der Waals surface area contributed by atoms with Crippen molar-refractivity contribution in [1.29, 1.82) is 0 Å². The van der Waals surface area contributed by atoms with Crippen LogP contribution in [0, 0.1) is 13.8 Å². The van der Waals surface area contributed by atoms with Crippen molar-refractivity contribution in [3.05, 3.63) is 131 Å². The maximum absolute atomic E-state index is 13.9. The van der Waals surface area contributed by atoms with Gasteiger partial charge in [0.15, 0.2) is 0 Å². The fourth-order valence-electron chi connectivity index (χ4n) is 4.58. The standard InChI is InChI=1S/C27H22Br2N4O3/c1-15-22(26(35)32(30-15)18-9-5-3-6-10-18)24(20-13-17(28)14-21(29)25(20)34)23-16(2)31-33(27(23)36)19-11-7-4-8-12-19/h3-14,24,30-31,34H,1-2H3. The molecule has 0 saturated heterocycles. The van der Waals surface area contributed by atoms with Crippen LogP contribution in [0.15, 0.2) is 91.3 Å². The number of aromatic amines is 2. The lowest BCUT2D eigenvalue weighted by molar-refractivity contribution is 0.463. The van der Waals surface area contributed by atoms with E-state index in [0.29, 0.717) is 48.4 Å². The zero-order chi connectivity index (χ0) is 25.6. The zero-order valence-corrected chi connectivity index (χ0v) is 22.6. The molecule has 0 unspecified atom stereocenters. The Labute approximate surface area is 223 Å². The molecule has 0 bridgehead atoms. The van der Waals surface area contributed by atoms with E-state index < -0.39 is 5.92 Å². The van der Waals surface area contributed by atoms with E-state index in [-0.39, 0.29) is 16.9 Å². The third-order valence-corrected chi connectivity index (χ3v) is 7.27. The summed E-state index contributed by atoms with van der Waals surface area (Å²) in [7, 11) is 0. The van der Waals surface area contributed by atoms with E-state index in [9.17, 15) is 14.7 Å². The summed E-state index contributed by atoms with van der Waals surface area (Å²) >= 11 is 6.90. The van der Waals surface area contributed by atoms with Crippen LogP contribution in [0.4, 0.5) is 0 Å². The Morgan fingerprint density at radius 1 is 0.750 bits per heavy atom. The number of benzene rings is 3. The maximum atomic E-state index is 13.9. The van der Waals surface area contributed by atoms with Gasteiger partial charge in [-0.15, -0.1) is 0 Å². The molecule has 0 aliphatic rings. The molecule has 5 rings (SSSR count). The van der Waals surface area contributed by atoms with Gasteiger partial charge in [0.2, 0.25) is 0 Å². The monoisotopic (exact) mass is 608 g/mol. The molecule has 3 aromatic carbocycles. The van der Waals surface area contributed by atoms with Crippen molar-refractivity contribution >= 4 is 31.9 Å². The average molecular weight is 610 g/mol. The van der Waals surface area contributed by atoms with Gasteiger partial charge in [0.25, 0.3) is 11.1 Å². The molecule has 0 saturated carbocycles. The van der Waals surface area contributed by atoms with Crippen LogP contribution < -0.4 is 11.1 Å². The first-order chi connectivity index (χ1) is 17.3. The Morgan fingerprint density at radius 3 is 1.64 bits per heavy atom. The van der Waals surface area contributed by atoms with E-state index in [1.165, 1.54) is 9.36 Å². The molecule has 0 aliphatic heterocycles. The SMILES string of the molecule is Cc1[nH]n(-c2ccccc2)c(=O)c1C(c1cc(Br)cc(Br)c1O)c1c(C)[nH]n(-c2ccccc2)c1=O. The van der Waals surface area contributed by atoms with Gasteiger partial charge < -0.3 is 5.11 Å². The number of aromatic hydroxyl groups is 1. The fourth-order valence-corrected chi connectivity index (χ4v) is 5.84. The molecule has 36 heavy (non-hydrogen) atoms. The minimum absolute atomic E-state index is 0.0410. The predicted molar refractivity (Wildman–Crippen MR) is 147 cm³/mol. The van der Waals surface area contributed by atoms with Crippen molar-refractivity contribution in [2.24, 2.45) is 0 Å². The van der Waals surface area contributed by atoms with E-state index in [1.807, 2.05) is 60.7 Å². The second-order valence-corrected chi connectivity index (χ2v) is 10.3. The Hall–Kier alpha value is -3.56. The number of phenols is 1. The van der Waals surface area contributed by atoms with Crippen LogP contribution in [0.1, 0.15) is 34.0 Å². The van der Waals surface area contributed by atoms with E-state index in [4.69, 9.17) is 0 Å². The lowest BCUT2D eigenvalue weighted by Crippen LogP contribution is -2.25. The molecule has 2 aromatic heterocycles. The van der Waals surface area contributed by atoms with E-state index in [1.54, 1.807) is 26.0 Å². The Bertz CT molecular complexity index is 1580. The molecule has 0 aliphatic carbocycles. The Kier molecular flexibility index (Phi) is 6.36. The molecule has 0 radical (unpaired) electrons. The molecule has 5 aromatic rings. The Morgan fingerprint density at radius 2 is 1.19 bits per heavy atom. The van der Waals surface area contributed by atoms with Gasteiger partial charge in [-0.05, 0) is 66.2 Å². The van der Waals surface area contributed by atoms with Crippen molar-refractivity contribution < 1.29 is 5.11 Å². The average Bonchev–Trinajstić information content (AvgIpc) is 3.33. The van der Waals surface area contributed by atoms with Gasteiger partial charge in [-0.25, -0.2) is 9.36 Å². The first kappa shape index (κ1) is 24.1. The van der Waals surface area contributed by atoms with Crippen LogP contribution in [-0.2, 0) is 0 Å². The molecule has 0 atom stereocenters. The highest BCUT2D eigenvalue weighted by atomic mass is 79.9. The third-order valence-electron chi connectivity index (χ3n) is 6.21. The lowest BCUT2D eigenvalue weighted by atomic mass is 9.85. The van der Waals surface area contributed by atoms with Crippen LogP contribution in [0.25, 0.3) is 11.4 Å². The summed E-state index contributed by atoms with van der Waals surface area (Å²) in [5.74, 6) is -0.887. The first-order valence-corrected chi connectivity index (χ1v) is 12.8. The number of rotatable bonds is 5. The van der Waals surface area contributed by atoms with Crippen molar-refractivity contribution in [2.45, 2.75) is 19.8 Å². The molecule has 3 N–H and O–H groups in total. The lowest BCUT2D eigenvalue weighted by Gasteiger charge is -2.18.